The molecule has 0 aromatic carbocycles. The first kappa shape index (κ1) is 16.2. The van der Waals surface area contributed by atoms with Crippen LogP contribution in [0.1, 0.15) is 39.7 Å². The third kappa shape index (κ3) is 4.22. The van der Waals surface area contributed by atoms with Crippen molar-refractivity contribution in [1.82, 2.24) is 20.2 Å². The summed E-state index contributed by atoms with van der Waals surface area (Å²) >= 11 is 0. The van der Waals surface area contributed by atoms with Gasteiger partial charge in [0.05, 0.1) is 11.4 Å². The Hall–Kier alpha value is -2.62. The first-order valence-electron chi connectivity index (χ1n) is 8.27. The van der Waals surface area contributed by atoms with Crippen molar-refractivity contribution >= 4 is 0 Å². The van der Waals surface area contributed by atoms with Crippen LogP contribution in [0, 0.1) is 20.8 Å². The van der Waals surface area contributed by atoms with Crippen LogP contribution in [0.25, 0.3) is 0 Å². The van der Waals surface area contributed by atoms with Gasteiger partial charge in [-0.1, -0.05) is 12.1 Å². The Balaban J connectivity index is 1.72. The number of pyridine rings is 2. The molecule has 0 fully saturated rings. The van der Waals surface area contributed by atoms with Gasteiger partial charge in [-0.2, -0.15) is 10.2 Å². The van der Waals surface area contributed by atoms with E-state index in [1.54, 1.807) is 0 Å². The van der Waals surface area contributed by atoms with E-state index in [1.165, 1.54) is 5.56 Å². The fraction of sp³-hybridized carbons (Fsp3) is 0.300. The van der Waals surface area contributed by atoms with Gasteiger partial charge in [-0.3, -0.25) is 9.97 Å². The van der Waals surface area contributed by atoms with Crippen molar-refractivity contribution in [3.8, 4) is 0 Å². The molecule has 0 amide bonds. The molecule has 0 aliphatic heterocycles. The van der Waals surface area contributed by atoms with Crippen LogP contribution < -0.4 is 0 Å². The van der Waals surface area contributed by atoms with Gasteiger partial charge in [-0.15, -0.1) is 0 Å². The predicted molar refractivity (Wildman–Crippen MR) is 94.9 cm³/mol. The van der Waals surface area contributed by atoms with Gasteiger partial charge in [-0.25, -0.2) is 0 Å². The molecule has 4 heteroatoms. The molecule has 3 aromatic heterocycles. The molecule has 4 nitrogen and oxygen atoms in total. The van der Waals surface area contributed by atoms with Crippen molar-refractivity contribution in [3.05, 3.63) is 82.2 Å². The average molecular weight is 318 g/mol. The van der Waals surface area contributed by atoms with E-state index in [9.17, 15) is 0 Å². The molecule has 0 radical (unpaired) electrons. The number of rotatable bonds is 5. The van der Waals surface area contributed by atoms with E-state index >= 15 is 0 Å². The van der Waals surface area contributed by atoms with Crippen LogP contribution in [0.5, 0.6) is 0 Å². The lowest BCUT2D eigenvalue weighted by Gasteiger charge is -2.08. The second-order valence-electron chi connectivity index (χ2n) is 6.18. The number of nitrogens with zero attached hydrogens (tertiary/aromatic N) is 4. The minimum atomic E-state index is 0.712. The lowest BCUT2D eigenvalue weighted by Crippen LogP contribution is -2.04. The highest BCUT2D eigenvalue weighted by molar-refractivity contribution is 5.25. The molecule has 122 valence electrons. The second-order valence-corrected chi connectivity index (χ2v) is 6.18. The number of aromatic nitrogens is 4. The molecule has 0 saturated heterocycles. The normalized spacial score (nSPS) is 10.8. The maximum absolute atomic E-state index is 4.83. The Bertz CT molecular complexity index is 825. The topological polar surface area (TPSA) is 51.6 Å². The monoisotopic (exact) mass is 318 g/mol. The van der Waals surface area contributed by atoms with Crippen LogP contribution in [0.3, 0.4) is 0 Å². The molecule has 0 atom stereocenters. The molecule has 3 aromatic rings. The van der Waals surface area contributed by atoms with E-state index in [0.717, 1.165) is 47.0 Å². The minimum absolute atomic E-state index is 0.712. The van der Waals surface area contributed by atoms with Crippen LogP contribution in [0.2, 0.25) is 0 Å². The summed E-state index contributed by atoms with van der Waals surface area (Å²) in [6, 6.07) is 14.4. The van der Waals surface area contributed by atoms with E-state index in [4.69, 9.17) is 4.98 Å². The third-order valence-electron chi connectivity index (χ3n) is 4.04. The van der Waals surface area contributed by atoms with Crippen molar-refractivity contribution in [1.29, 1.82) is 0 Å². The van der Waals surface area contributed by atoms with Crippen molar-refractivity contribution < 1.29 is 0 Å². The minimum Gasteiger partial charge on any atom is -0.258 e. The van der Waals surface area contributed by atoms with Gasteiger partial charge < -0.3 is 0 Å². The molecular weight excluding hydrogens is 296 g/mol. The molecule has 0 N–H and O–H groups in total. The van der Waals surface area contributed by atoms with Crippen molar-refractivity contribution in [3.63, 3.8) is 0 Å². The fourth-order valence-electron chi connectivity index (χ4n) is 2.66. The SMILES string of the molecule is Cc1ccc(Cc2ccc(C)c(CCc3cccc(C)n3)n2)nn1. The highest BCUT2D eigenvalue weighted by Crippen LogP contribution is 2.13. The Kier molecular flexibility index (Phi) is 4.94. The quantitative estimate of drug-likeness (QED) is 0.721. The number of hydrogen-bond donors (Lipinski definition) is 0. The highest BCUT2D eigenvalue weighted by Gasteiger charge is 2.06. The summed E-state index contributed by atoms with van der Waals surface area (Å²) in [4.78, 5) is 9.40. The molecule has 24 heavy (non-hydrogen) atoms. The number of aryl methyl sites for hydroxylation is 5. The largest absolute Gasteiger partial charge is 0.258 e. The highest BCUT2D eigenvalue weighted by atomic mass is 15.1. The standard InChI is InChI=1S/C20H22N4/c1-14-7-9-18(13-19-10-8-16(3)23-24-19)22-20(14)12-11-17-6-4-5-15(2)21-17/h4-10H,11-13H2,1-3H3. The predicted octanol–water partition coefficient (Wildman–Crippen LogP) is 3.57. The van der Waals surface area contributed by atoms with Gasteiger partial charge in [0, 0.05) is 29.2 Å². The smallest absolute Gasteiger partial charge is 0.0690 e. The number of hydrogen-bond acceptors (Lipinski definition) is 4. The second kappa shape index (κ2) is 7.30. The van der Waals surface area contributed by atoms with Gasteiger partial charge in [0.15, 0.2) is 0 Å². The third-order valence-corrected chi connectivity index (χ3v) is 4.04. The van der Waals surface area contributed by atoms with Gasteiger partial charge in [0.2, 0.25) is 0 Å². The van der Waals surface area contributed by atoms with Crippen molar-refractivity contribution in [2.45, 2.75) is 40.0 Å². The van der Waals surface area contributed by atoms with E-state index < -0.39 is 0 Å². The molecule has 0 saturated carbocycles. The fourth-order valence-corrected chi connectivity index (χ4v) is 2.66. The first-order valence-corrected chi connectivity index (χ1v) is 8.27. The zero-order valence-electron chi connectivity index (χ0n) is 14.5. The van der Waals surface area contributed by atoms with Gasteiger partial charge in [0.1, 0.15) is 0 Å². The summed E-state index contributed by atoms with van der Waals surface area (Å²) < 4.78 is 0. The summed E-state index contributed by atoms with van der Waals surface area (Å²) in [6.07, 6.45) is 2.52. The molecule has 0 spiro atoms. The van der Waals surface area contributed by atoms with Crippen LogP contribution >= 0.6 is 0 Å². The van der Waals surface area contributed by atoms with Crippen molar-refractivity contribution in [2.24, 2.45) is 0 Å². The van der Waals surface area contributed by atoms with Gasteiger partial charge >= 0.3 is 0 Å². The average Bonchev–Trinajstić information content (AvgIpc) is 2.57. The lowest BCUT2D eigenvalue weighted by molar-refractivity contribution is 0.838. The van der Waals surface area contributed by atoms with Crippen LogP contribution in [0.4, 0.5) is 0 Å². The zero-order valence-corrected chi connectivity index (χ0v) is 14.5. The van der Waals surface area contributed by atoms with E-state index in [-0.39, 0.29) is 0 Å². The van der Waals surface area contributed by atoms with Crippen LogP contribution in [0.15, 0.2) is 42.5 Å². The Morgan fingerprint density at radius 3 is 2.25 bits per heavy atom. The maximum atomic E-state index is 4.83. The van der Waals surface area contributed by atoms with Crippen molar-refractivity contribution in [2.75, 3.05) is 0 Å². The summed E-state index contributed by atoms with van der Waals surface area (Å²) in [7, 11) is 0. The first-order chi connectivity index (χ1) is 11.6. The van der Waals surface area contributed by atoms with Gasteiger partial charge in [0.25, 0.3) is 0 Å². The Morgan fingerprint density at radius 2 is 1.50 bits per heavy atom. The van der Waals surface area contributed by atoms with E-state index in [1.807, 2.05) is 32.0 Å². The van der Waals surface area contributed by atoms with E-state index in [2.05, 4.69) is 46.4 Å². The molecule has 0 aliphatic carbocycles. The molecule has 0 aliphatic rings. The molecule has 3 rings (SSSR count). The lowest BCUT2D eigenvalue weighted by atomic mass is 10.1. The zero-order chi connectivity index (χ0) is 16.9. The molecule has 3 heterocycles. The van der Waals surface area contributed by atoms with Gasteiger partial charge in [-0.05, 0) is 69.5 Å². The Labute approximate surface area is 143 Å². The molecule has 0 bridgehead atoms. The van der Waals surface area contributed by atoms with E-state index in [0.29, 0.717) is 6.42 Å². The summed E-state index contributed by atoms with van der Waals surface area (Å²) in [5, 5.41) is 8.34. The van der Waals surface area contributed by atoms with Crippen LogP contribution in [-0.4, -0.2) is 20.2 Å². The summed E-state index contributed by atoms with van der Waals surface area (Å²) in [5.74, 6) is 0. The van der Waals surface area contributed by atoms with Crippen LogP contribution in [-0.2, 0) is 19.3 Å². The maximum Gasteiger partial charge on any atom is 0.0690 e. The Morgan fingerprint density at radius 1 is 0.667 bits per heavy atom. The summed E-state index contributed by atoms with van der Waals surface area (Å²) in [5.41, 5.74) is 7.45. The summed E-state index contributed by atoms with van der Waals surface area (Å²) in [6.45, 7) is 6.08. The molecule has 0 unspecified atom stereocenters. The molecular formula is C20H22N4.